The highest BCUT2D eigenvalue weighted by molar-refractivity contribution is 7.91. The van der Waals surface area contributed by atoms with Gasteiger partial charge in [-0.2, -0.15) is 0 Å². The van der Waals surface area contributed by atoms with Gasteiger partial charge in [0.15, 0.2) is 9.84 Å². The van der Waals surface area contributed by atoms with E-state index in [9.17, 15) is 42.3 Å². The number of aliphatic hydroxyl groups is 1. The fourth-order valence-corrected chi connectivity index (χ4v) is 8.78. The van der Waals surface area contributed by atoms with Crippen LogP contribution in [0.1, 0.15) is 93.7 Å². The Morgan fingerprint density at radius 3 is 2.40 bits per heavy atom. The minimum absolute atomic E-state index is 0.0484. The summed E-state index contributed by atoms with van der Waals surface area (Å²) in [5.41, 5.74) is 2.09. The number of H-pyrrole nitrogens is 1. The second-order valence-electron chi connectivity index (χ2n) is 14.1. The van der Waals surface area contributed by atoms with Gasteiger partial charge in [0.25, 0.3) is 11.8 Å². The Hall–Kier alpha value is -4.45. The van der Waals surface area contributed by atoms with Gasteiger partial charge >= 0.3 is 0 Å². The maximum absolute atomic E-state index is 14.6. The van der Waals surface area contributed by atoms with E-state index >= 15 is 0 Å². The number of Topliss-reactive ketones (excluding diaryl/α,β-unsaturated/α-hetero) is 1. The molecule has 3 atom stereocenters. The predicted molar refractivity (Wildman–Crippen MR) is 177 cm³/mol. The highest BCUT2D eigenvalue weighted by Crippen LogP contribution is 2.34. The van der Waals surface area contributed by atoms with Crippen LogP contribution in [0.3, 0.4) is 0 Å². The third kappa shape index (κ3) is 8.12. The summed E-state index contributed by atoms with van der Waals surface area (Å²) in [5, 5.41) is 24.3. The van der Waals surface area contributed by atoms with E-state index in [1.165, 1.54) is 48.0 Å². The molecular weight excluding hydrogens is 672 g/mol. The predicted octanol–water partition coefficient (Wildman–Crippen LogP) is -0.777. The lowest BCUT2D eigenvalue weighted by molar-refractivity contribution is -0.145. The van der Waals surface area contributed by atoms with Crippen LogP contribution in [0, 0.1) is 5.92 Å². The topological polar surface area (TPSA) is 257 Å². The van der Waals surface area contributed by atoms with E-state index in [1.54, 1.807) is 0 Å². The number of hydrogen-bond acceptors (Lipinski definition) is 11. The van der Waals surface area contributed by atoms with Crippen molar-refractivity contribution in [1.29, 1.82) is 0 Å². The maximum Gasteiger partial charge on any atom is 0.287 e. The van der Waals surface area contributed by atoms with E-state index in [2.05, 4.69) is 25.9 Å². The molecule has 3 aliphatic rings. The smallest absolute Gasteiger partial charge is 0.287 e. The molecule has 0 unspecified atom stereocenters. The molecule has 5 rings (SSSR count). The van der Waals surface area contributed by atoms with Crippen molar-refractivity contribution in [2.75, 3.05) is 18.1 Å². The van der Waals surface area contributed by atoms with Gasteiger partial charge in [-0.25, -0.2) is 13.1 Å². The van der Waals surface area contributed by atoms with Crippen LogP contribution in [0.25, 0.3) is 0 Å². The summed E-state index contributed by atoms with van der Waals surface area (Å²) in [4.78, 5) is 82.8. The molecule has 17 nitrogen and oxygen atoms in total. The summed E-state index contributed by atoms with van der Waals surface area (Å²) >= 11 is 0. The molecule has 4 amide bonds. The maximum atomic E-state index is 14.6. The largest absolute Gasteiger partial charge is 0.384 e. The first-order valence-electron chi connectivity index (χ1n) is 16.8. The molecule has 50 heavy (non-hydrogen) atoms. The van der Waals surface area contributed by atoms with E-state index in [0.29, 0.717) is 5.69 Å². The summed E-state index contributed by atoms with van der Waals surface area (Å²) in [7, 11) is -3.53. The van der Waals surface area contributed by atoms with Gasteiger partial charge in [0.05, 0.1) is 35.0 Å². The Labute approximate surface area is 288 Å². The summed E-state index contributed by atoms with van der Waals surface area (Å²) in [6, 6.07) is -0.506. The van der Waals surface area contributed by atoms with Crippen LogP contribution in [0.2, 0.25) is 0 Å². The van der Waals surface area contributed by atoms with Gasteiger partial charge in [0.1, 0.15) is 23.2 Å². The quantitative estimate of drug-likeness (QED) is 0.180. The number of rotatable bonds is 11. The van der Waals surface area contributed by atoms with Crippen molar-refractivity contribution in [2.24, 2.45) is 11.7 Å². The minimum Gasteiger partial charge on any atom is -0.384 e. The lowest BCUT2D eigenvalue weighted by atomic mass is 9.84. The second-order valence-corrected chi connectivity index (χ2v) is 16.4. The zero-order valence-corrected chi connectivity index (χ0v) is 28.9. The number of amides is 4. The molecule has 18 heteroatoms. The number of aromatic amines is 1. The van der Waals surface area contributed by atoms with Gasteiger partial charge in [-0.1, -0.05) is 37.3 Å². The molecule has 6 N–H and O–H groups in total. The van der Waals surface area contributed by atoms with Crippen molar-refractivity contribution in [2.45, 2.75) is 101 Å². The van der Waals surface area contributed by atoms with E-state index < -0.39 is 85.6 Å². The number of nitrogens with two attached hydrogens (primary N) is 1. The van der Waals surface area contributed by atoms with Crippen molar-refractivity contribution < 1.29 is 37.5 Å². The molecule has 272 valence electrons. The van der Waals surface area contributed by atoms with Crippen LogP contribution in [0.4, 0.5) is 0 Å². The first-order valence-corrected chi connectivity index (χ1v) is 18.6. The molecule has 0 spiro atoms. The van der Waals surface area contributed by atoms with E-state index in [0.717, 1.165) is 32.1 Å². The van der Waals surface area contributed by atoms with Crippen LogP contribution in [0.5, 0.6) is 0 Å². The summed E-state index contributed by atoms with van der Waals surface area (Å²) < 4.78 is 26.0. The van der Waals surface area contributed by atoms with Crippen LogP contribution >= 0.6 is 0 Å². The molecule has 3 fully saturated rings. The third-order valence-corrected chi connectivity index (χ3v) is 11.7. The van der Waals surface area contributed by atoms with Gasteiger partial charge in [-0.3, -0.25) is 28.8 Å². The summed E-state index contributed by atoms with van der Waals surface area (Å²) in [6.45, 7) is 2.98. The number of nitrogens with zero attached hydrogens (tertiary/aromatic N) is 4. The van der Waals surface area contributed by atoms with Gasteiger partial charge in [0, 0.05) is 25.2 Å². The highest BCUT2D eigenvalue weighted by Gasteiger charge is 2.50. The van der Waals surface area contributed by atoms with Gasteiger partial charge in [-0.15, -0.1) is 5.10 Å². The number of ketones is 1. The number of nitrogens with one attached hydrogen (secondary N) is 3. The van der Waals surface area contributed by atoms with Gasteiger partial charge in [0.2, 0.25) is 23.2 Å². The fourth-order valence-electron chi connectivity index (χ4n) is 7.26. The Kier molecular flexibility index (Phi) is 10.6. The molecular formula is C32H44N8O9S. The first-order chi connectivity index (χ1) is 23.5. The first kappa shape index (κ1) is 36.8. The van der Waals surface area contributed by atoms with Crippen LogP contribution in [0.15, 0.2) is 29.3 Å². The molecule has 0 radical (unpaired) electrons. The number of pyridine rings is 1. The standard InChI is InChI=1S/C32H44N8O9S/c1-31(2,47)24-17-35-38-40(24)21-15-23(29(45)37-32(26(42)27(33)43)10-12-50(48,49)13-11-32)39(18-21)30(46)22(14-19-6-4-3-5-7-19)36-28(44)20-8-9-25(41)34-16-20/h8-9,16-17,19,21-23,47H,3-7,10-15,18H2,1-2H3,(H2,33,43)(H,34,41)(H,36,44)(H,37,45)/t21-,22+,23-/m0/s1. The molecule has 2 saturated heterocycles. The normalized spacial score (nSPS) is 22.7. The number of aromatic nitrogens is 4. The second kappa shape index (κ2) is 14.4. The monoisotopic (exact) mass is 716 g/mol. The molecule has 0 bridgehead atoms. The lowest BCUT2D eigenvalue weighted by Gasteiger charge is -2.37. The Balaban J connectivity index is 1.50. The van der Waals surface area contributed by atoms with Crippen LogP contribution < -0.4 is 21.9 Å². The van der Waals surface area contributed by atoms with Crippen molar-refractivity contribution in [3.05, 3.63) is 46.1 Å². The number of carbonyl (C=O) groups excluding carboxylic acids is 5. The average molecular weight is 717 g/mol. The van der Waals surface area contributed by atoms with Gasteiger partial charge < -0.3 is 31.4 Å². The lowest BCUT2D eigenvalue weighted by Crippen LogP contribution is -2.64. The van der Waals surface area contributed by atoms with Crippen LogP contribution in [-0.4, -0.2) is 103 Å². The Morgan fingerprint density at radius 1 is 1.12 bits per heavy atom. The Bertz CT molecular complexity index is 1770. The molecule has 2 aromatic rings. The average Bonchev–Trinajstić information content (AvgIpc) is 3.74. The summed E-state index contributed by atoms with van der Waals surface area (Å²) in [5.74, 6) is -5.30. The Morgan fingerprint density at radius 2 is 1.80 bits per heavy atom. The number of carbonyl (C=O) groups is 5. The van der Waals surface area contributed by atoms with Crippen molar-refractivity contribution in [3.8, 4) is 0 Å². The van der Waals surface area contributed by atoms with Crippen molar-refractivity contribution in [3.63, 3.8) is 0 Å². The number of primary amides is 1. The minimum atomic E-state index is -3.53. The number of sulfone groups is 1. The SMILES string of the molecule is CC(C)(O)c1cnnn1[C@H]1C[C@@H](C(=O)NC2(C(=O)C(N)=O)CCS(=O)(=O)CC2)N(C(=O)[C@@H](CC2CCCCC2)NC(=O)c2ccc(=O)[nH]c2)C1. The molecule has 1 saturated carbocycles. The fraction of sp³-hybridized carbons (Fsp3) is 0.625. The van der Waals surface area contributed by atoms with Crippen molar-refractivity contribution >= 4 is 39.2 Å². The zero-order chi connectivity index (χ0) is 36.4. The zero-order valence-electron chi connectivity index (χ0n) is 28.1. The summed E-state index contributed by atoms with van der Waals surface area (Å²) in [6.07, 6.45) is 6.78. The molecule has 2 aliphatic heterocycles. The van der Waals surface area contributed by atoms with Gasteiger partial charge in [-0.05, 0) is 45.1 Å². The van der Waals surface area contributed by atoms with Crippen molar-refractivity contribution in [1.82, 2.24) is 35.5 Å². The molecule has 2 aromatic heterocycles. The van der Waals surface area contributed by atoms with E-state index in [4.69, 9.17) is 5.73 Å². The third-order valence-electron chi connectivity index (χ3n) is 10.1. The molecule has 4 heterocycles. The van der Waals surface area contributed by atoms with Crippen LogP contribution in [-0.2, 0) is 34.6 Å². The number of hydrogen-bond donors (Lipinski definition) is 5. The van der Waals surface area contributed by atoms with E-state index in [1.807, 2.05) is 0 Å². The molecule has 1 aliphatic carbocycles. The molecule has 0 aromatic carbocycles. The highest BCUT2D eigenvalue weighted by atomic mass is 32.2. The van der Waals surface area contributed by atoms with E-state index in [-0.39, 0.29) is 43.7 Å². The number of likely N-dealkylation sites (tertiary alicyclic amines) is 1.